The maximum atomic E-state index is 6.54. The van der Waals surface area contributed by atoms with Gasteiger partial charge in [0.1, 0.15) is 11.2 Å². The van der Waals surface area contributed by atoms with Gasteiger partial charge in [0, 0.05) is 32.6 Å². The molecule has 0 radical (unpaired) electrons. The number of hydrogen-bond donors (Lipinski definition) is 0. The Hall–Kier alpha value is -7.16. The number of benzene rings is 10. The fourth-order valence-electron chi connectivity index (χ4n) is 8.47. The maximum Gasteiger partial charge on any atom is 0.143 e. The lowest BCUT2D eigenvalue weighted by atomic mass is 9.96. The quantitative estimate of drug-likeness (QED) is 0.168. The average molecular weight is 688 g/mol. The summed E-state index contributed by atoms with van der Waals surface area (Å²) in [7, 11) is 0. The van der Waals surface area contributed by atoms with Crippen LogP contribution in [-0.2, 0) is 0 Å². The third-order valence-corrected chi connectivity index (χ3v) is 11.1. The molecule has 0 aliphatic heterocycles. The maximum absolute atomic E-state index is 6.54. The Morgan fingerprint density at radius 2 is 0.852 bits per heavy atom. The minimum Gasteiger partial charge on any atom is -0.455 e. The van der Waals surface area contributed by atoms with Crippen LogP contribution in [0.25, 0.3) is 87.3 Å². The van der Waals surface area contributed by atoms with Gasteiger partial charge in [-0.3, -0.25) is 0 Å². The third-order valence-electron chi connectivity index (χ3n) is 11.1. The molecule has 0 saturated carbocycles. The van der Waals surface area contributed by atoms with Gasteiger partial charge in [0.25, 0.3) is 0 Å². The summed E-state index contributed by atoms with van der Waals surface area (Å²) in [5.41, 5.74) is 9.98. The first kappa shape index (κ1) is 30.5. The van der Waals surface area contributed by atoms with E-state index in [4.69, 9.17) is 4.42 Å². The van der Waals surface area contributed by atoms with Crippen molar-refractivity contribution >= 4 is 82.1 Å². The van der Waals surface area contributed by atoms with Gasteiger partial charge in [-0.1, -0.05) is 164 Å². The Morgan fingerprint density at radius 3 is 1.67 bits per heavy atom. The normalized spacial score (nSPS) is 11.7. The second kappa shape index (κ2) is 12.2. The topological polar surface area (TPSA) is 16.4 Å². The van der Waals surface area contributed by atoms with Gasteiger partial charge < -0.3 is 9.32 Å². The van der Waals surface area contributed by atoms with Crippen LogP contribution in [0.4, 0.5) is 17.1 Å². The first-order valence-corrected chi connectivity index (χ1v) is 18.5. The van der Waals surface area contributed by atoms with Gasteiger partial charge in [-0.25, -0.2) is 0 Å². The van der Waals surface area contributed by atoms with Gasteiger partial charge in [0.05, 0.1) is 11.4 Å². The van der Waals surface area contributed by atoms with Crippen molar-refractivity contribution in [1.29, 1.82) is 0 Å². The lowest BCUT2D eigenvalue weighted by molar-refractivity contribution is 0.672. The Morgan fingerprint density at radius 1 is 0.315 bits per heavy atom. The largest absolute Gasteiger partial charge is 0.455 e. The molecule has 11 rings (SSSR count). The van der Waals surface area contributed by atoms with Crippen molar-refractivity contribution < 1.29 is 4.42 Å². The van der Waals surface area contributed by atoms with E-state index in [1.165, 1.54) is 54.6 Å². The third kappa shape index (κ3) is 4.81. The number of rotatable bonds is 5. The summed E-state index contributed by atoms with van der Waals surface area (Å²) >= 11 is 0. The van der Waals surface area contributed by atoms with Crippen molar-refractivity contribution in [1.82, 2.24) is 0 Å². The average Bonchev–Trinajstić information content (AvgIpc) is 3.63. The second-order valence-corrected chi connectivity index (χ2v) is 14.1. The van der Waals surface area contributed by atoms with Crippen LogP contribution in [0.2, 0.25) is 0 Å². The summed E-state index contributed by atoms with van der Waals surface area (Å²) in [6, 6.07) is 72.3. The van der Waals surface area contributed by atoms with E-state index >= 15 is 0 Å². The molecule has 1 heterocycles. The van der Waals surface area contributed by atoms with Gasteiger partial charge in [0.2, 0.25) is 0 Å². The van der Waals surface area contributed by atoms with Crippen LogP contribution in [0.1, 0.15) is 0 Å². The van der Waals surface area contributed by atoms with Crippen molar-refractivity contribution in [3.8, 4) is 22.3 Å². The predicted molar refractivity (Wildman–Crippen MR) is 229 cm³/mol. The first-order chi connectivity index (χ1) is 26.8. The van der Waals surface area contributed by atoms with Crippen molar-refractivity contribution in [3.05, 3.63) is 200 Å². The molecule has 11 aromatic rings. The summed E-state index contributed by atoms with van der Waals surface area (Å²) in [4.78, 5) is 2.43. The Balaban J connectivity index is 1.08. The standard InChI is InChI=1S/C52H33NO/c1-3-14-40-36(11-1)13-9-19-41(40)37-25-23-34(24-26-37)35-27-29-39(30-28-35)53(50-33-38-12-2-4-15-42(38)43-16-5-6-17-44(43)50)49-21-10-20-47-45(49)31-32-48-46-18-7-8-22-51(46)54-52(47)48/h1-33H. The zero-order chi connectivity index (χ0) is 35.6. The summed E-state index contributed by atoms with van der Waals surface area (Å²) in [5, 5.41) is 11.9. The lowest BCUT2D eigenvalue weighted by Crippen LogP contribution is -2.11. The number of nitrogens with zero attached hydrogens (tertiary/aromatic N) is 1. The highest BCUT2D eigenvalue weighted by atomic mass is 16.3. The van der Waals surface area contributed by atoms with Gasteiger partial charge in [0.15, 0.2) is 0 Å². The van der Waals surface area contributed by atoms with Crippen molar-refractivity contribution in [2.75, 3.05) is 4.90 Å². The lowest BCUT2D eigenvalue weighted by Gasteiger charge is -2.29. The molecule has 0 aliphatic rings. The molecule has 0 amide bonds. The minimum atomic E-state index is 0.906. The van der Waals surface area contributed by atoms with E-state index in [-0.39, 0.29) is 0 Å². The zero-order valence-corrected chi connectivity index (χ0v) is 29.4. The monoisotopic (exact) mass is 687 g/mol. The van der Waals surface area contributed by atoms with Crippen LogP contribution in [0.3, 0.4) is 0 Å². The molecule has 0 fully saturated rings. The number of furan rings is 1. The van der Waals surface area contributed by atoms with E-state index in [1.807, 2.05) is 6.07 Å². The number of fused-ring (bicyclic) bond motifs is 9. The molecule has 0 atom stereocenters. The number of para-hydroxylation sites is 1. The molecule has 2 nitrogen and oxygen atoms in total. The second-order valence-electron chi connectivity index (χ2n) is 14.1. The van der Waals surface area contributed by atoms with Crippen LogP contribution in [-0.4, -0.2) is 0 Å². The number of hydrogen-bond acceptors (Lipinski definition) is 2. The highest BCUT2D eigenvalue weighted by Gasteiger charge is 2.21. The highest BCUT2D eigenvalue weighted by Crippen LogP contribution is 2.46. The fraction of sp³-hybridized carbons (Fsp3) is 0. The van der Waals surface area contributed by atoms with Crippen LogP contribution >= 0.6 is 0 Å². The molecular formula is C52H33NO. The SMILES string of the molecule is c1ccc2c(-c3ccc(-c4ccc(N(c5cc6ccccc6c6ccccc56)c5cccc6c5ccc5c7ccccc7oc65)cc4)cc3)cccc2c1. The molecule has 0 unspecified atom stereocenters. The predicted octanol–water partition coefficient (Wildman–Crippen LogP) is 15.0. The molecule has 54 heavy (non-hydrogen) atoms. The molecule has 1 aromatic heterocycles. The van der Waals surface area contributed by atoms with Gasteiger partial charge in [-0.15, -0.1) is 0 Å². The molecule has 0 N–H and O–H groups in total. The summed E-state index contributed by atoms with van der Waals surface area (Å²) in [5.74, 6) is 0. The first-order valence-electron chi connectivity index (χ1n) is 18.5. The van der Waals surface area contributed by atoms with Crippen molar-refractivity contribution in [3.63, 3.8) is 0 Å². The number of anilines is 3. The molecule has 2 heteroatoms. The van der Waals surface area contributed by atoms with Gasteiger partial charge in [-0.05, 0) is 85.6 Å². The van der Waals surface area contributed by atoms with Crippen molar-refractivity contribution in [2.45, 2.75) is 0 Å². The zero-order valence-electron chi connectivity index (χ0n) is 29.4. The van der Waals surface area contributed by atoms with E-state index in [9.17, 15) is 0 Å². The molecule has 0 aliphatic carbocycles. The molecule has 0 saturated heterocycles. The molecular weight excluding hydrogens is 655 g/mol. The summed E-state index contributed by atoms with van der Waals surface area (Å²) in [6.07, 6.45) is 0. The van der Waals surface area contributed by atoms with Crippen LogP contribution in [0.15, 0.2) is 205 Å². The molecule has 10 aromatic carbocycles. The Labute approximate surface area is 312 Å². The van der Waals surface area contributed by atoms with Crippen LogP contribution < -0.4 is 4.90 Å². The van der Waals surface area contributed by atoms with E-state index in [1.54, 1.807) is 0 Å². The molecule has 0 spiro atoms. The van der Waals surface area contributed by atoms with E-state index in [0.29, 0.717) is 0 Å². The van der Waals surface area contributed by atoms with E-state index in [0.717, 1.165) is 49.8 Å². The summed E-state index contributed by atoms with van der Waals surface area (Å²) < 4.78 is 6.54. The van der Waals surface area contributed by atoms with Crippen molar-refractivity contribution in [2.24, 2.45) is 0 Å². The van der Waals surface area contributed by atoms with Crippen LogP contribution in [0.5, 0.6) is 0 Å². The van der Waals surface area contributed by atoms with E-state index in [2.05, 4.69) is 199 Å². The smallest absolute Gasteiger partial charge is 0.143 e. The molecule has 252 valence electrons. The summed E-state index contributed by atoms with van der Waals surface area (Å²) in [6.45, 7) is 0. The Kier molecular flexibility index (Phi) is 6.90. The highest BCUT2D eigenvalue weighted by molar-refractivity contribution is 6.19. The van der Waals surface area contributed by atoms with E-state index < -0.39 is 0 Å². The minimum absolute atomic E-state index is 0.906. The van der Waals surface area contributed by atoms with Gasteiger partial charge in [-0.2, -0.15) is 0 Å². The fourth-order valence-corrected chi connectivity index (χ4v) is 8.47. The molecule has 0 bridgehead atoms. The Bertz CT molecular complexity index is 3200. The van der Waals surface area contributed by atoms with Crippen LogP contribution in [0, 0.1) is 0 Å². The van der Waals surface area contributed by atoms with Gasteiger partial charge >= 0.3 is 0 Å².